The minimum Gasteiger partial charge on any atom is -0.347 e. The van der Waals surface area contributed by atoms with Crippen LogP contribution in [0.25, 0.3) is 16.7 Å². The van der Waals surface area contributed by atoms with Gasteiger partial charge in [0.15, 0.2) is 5.65 Å². The number of hydrogen-bond donors (Lipinski definition) is 1. The lowest BCUT2D eigenvalue weighted by Crippen LogP contribution is -2.34. The van der Waals surface area contributed by atoms with E-state index >= 15 is 0 Å². The highest BCUT2D eigenvalue weighted by Gasteiger charge is 2.11. The Bertz CT molecular complexity index is 912. The minimum atomic E-state index is -0.526. The molecule has 7 nitrogen and oxygen atoms in total. The lowest BCUT2D eigenvalue weighted by atomic mass is 10.3. The maximum Gasteiger partial charge on any atom is 0.334 e. The number of anilines is 1. The molecule has 0 saturated carbocycles. The zero-order chi connectivity index (χ0) is 15.0. The Morgan fingerprint density at radius 1 is 1.14 bits per heavy atom. The number of fused-ring (bicyclic) bond motifs is 1. The van der Waals surface area contributed by atoms with Gasteiger partial charge in [-0.25, -0.2) is 14.3 Å². The average molecular weight is 283 g/mol. The fourth-order valence-corrected chi connectivity index (χ4v) is 2.02. The van der Waals surface area contributed by atoms with Gasteiger partial charge in [-0.1, -0.05) is 18.2 Å². The Balaban J connectivity index is 2.33. The predicted octanol–water partition coefficient (Wildman–Crippen LogP) is 0.535. The third-order valence-electron chi connectivity index (χ3n) is 3.05. The highest BCUT2D eigenvalue weighted by atomic mass is 16.2. The maximum absolute atomic E-state index is 12.5. The molecule has 0 atom stereocenters. The first-order valence-electron chi connectivity index (χ1n) is 6.33. The summed E-state index contributed by atoms with van der Waals surface area (Å²) in [6.07, 6.45) is 1.43. The number of nitrogens with one attached hydrogen (secondary N) is 1. The molecule has 0 spiro atoms. The van der Waals surface area contributed by atoms with E-state index in [0.29, 0.717) is 11.6 Å². The van der Waals surface area contributed by atoms with Crippen molar-refractivity contribution >= 4 is 17.0 Å². The predicted molar refractivity (Wildman–Crippen MR) is 80.1 cm³/mol. The van der Waals surface area contributed by atoms with E-state index in [1.54, 1.807) is 43.3 Å². The smallest absolute Gasteiger partial charge is 0.334 e. The summed E-state index contributed by atoms with van der Waals surface area (Å²) in [5.74, 6) is 0.426. The molecular weight excluding hydrogens is 270 g/mol. The van der Waals surface area contributed by atoms with E-state index in [1.807, 2.05) is 6.07 Å². The standard InChI is InChI=1S/C14H13N5O2/c1-18(2)13-15-8-10-11(16-13)17-14(21)19(12(10)20)9-6-4-3-5-7-9/h3-8H,1-2H3,(H,15,16,17,21). The SMILES string of the molecule is CN(C)c1ncc2c(=O)n(-c3ccccc3)c(=O)[nH]c2n1. The molecule has 0 bridgehead atoms. The summed E-state index contributed by atoms with van der Waals surface area (Å²) in [7, 11) is 3.56. The van der Waals surface area contributed by atoms with Crippen molar-refractivity contribution in [3.63, 3.8) is 0 Å². The molecule has 2 aromatic heterocycles. The van der Waals surface area contributed by atoms with Gasteiger partial charge in [0.1, 0.15) is 5.39 Å². The topological polar surface area (TPSA) is 83.9 Å². The quantitative estimate of drug-likeness (QED) is 0.742. The third kappa shape index (κ3) is 2.18. The first-order valence-corrected chi connectivity index (χ1v) is 6.33. The molecule has 21 heavy (non-hydrogen) atoms. The van der Waals surface area contributed by atoms with Crippen molar-refractivity contribution in [2.24, 2.45) is 0 Å². The van der Waals surface area contributed by atoms with Crippen LogP contribution in [0.2, 0.25) is 0 Å². The van der Waals surface area contributed by atoms with Crippen LogP contribution in [0.4, 0.5) is 5.95 Å². The number of nitrogens with zero attached hydrogens (tertiary/aromatic N) is 4. The fraction of sp³-hybridized carbons (Fsp3) is 0.143. The zero-order valence-corrected chi connectivity index (χ0v) is 11.6. The van der Waals surface area contributed by atoms with E-state index in [2.05, 4.69) is 15.0 Å². The van der Waals surface area contributed by atoms with Gasteiger partial charge < -0.3 is 4.90 Å². The second-order valence-corrected chi connectivity index (χ2v) is 4.73. The van der Waals surface area contributed by atoms with Gasteiger partial charge in [-0.15, -0.1) is 0 Å². The van der Waals surface area contributed by atoms with Crippen molar-refractivity contribution in [2.45, 2.75) is 0 Å². The van der Waals surface area contributed by atoms with Crippen LogP contribution in [-0.2, 0) is 0 Å². The van der Waals surface area contributed by atoms with Crippen molar-refractivity contribution in [1.82, 2.24) is 19.5 Å². The van der Waals surface area contributed by atoms with E-state index in [4.69, 9.17) is 0 Å². The molecule has 0 aliphatic carbocycles. The second kappa shape index (κ2) is 4.86. The Morgan fingerprint density at radius 2 is 1.86 bits per heavy atom. The van der Waals surface area contributed by atoms with Crippen molar-refractivity contribution in [2.75, 3.05) is 19.0 Å². The van der Waals surface area contributed by atoms with Crippen LogP contribution in [-0.4, -0.2) is 33.6 Å². The molecule has 0 aliphatic rings. The maximum atomic E-state index is 12.5. The molecule has 0 amide bonds. The molecule has 0 unspecified atom stereocenters. The highest BCUT2D eigenvalue weighted by molar-refractivity contribution is 5.73. The molecule has 0 aliphatic heterocycles. The Labute approximate surface area is 119 Å². The molecule has 1 aromatic carbocycles. The van der Waals surface area contributed by atoms with Gasteiger partial charge >= 0.3 is 5.69 Å². The summed E-state index contributed by atoms with van der Waals surface area (Å²) in [5.41, 5.74) is -0.231. The van der Waals surface area contributed by atoms with Gasteiger partial charge in [0.05, 0.1) is 5.69 Å². The monoisotopic (exact) mass is 283 g/mol. The second-order valence-electron chi connectivity index (χ2n) is 4.73. The van der Waals surface area contributed by atoms with E-state index in [-0.39, 0.29) is 11.0 Å². The summed E-state index contributed by atoms with van der Waals surface area (Å²) in [5, 5.41) is 0.268. The zero-order valence-electron chi connectivity index (χ0n) is 11.6. The van der Waals surface area contributed by atoms with Crippen molar-refractivity contribution in [3.8, 4) is 5.69 Å². The molecule has 106 valence electrons. The van der Waals surface area contributed by atoms with E-state index < -0.39 is 11.2 Å². The minimum absolute atomic E-state index is 0.232. The van der Waals surface area contributed by atoms with E-state index in [9.17, 15) is 9.59 Å². The van der Waals surface area contributed by atoms with Crippen LogP contribution in [0.3, 0.4) is 0 Å². The van der Waals surface area contributed by atoms with Crippen LogP contribution in [0.5, 0.6) is 0 Å². The molecule has 2 heterocycles. The van der Waals surface area contributed by atoms with E-state index in [0.717, 1.165) is 4.57 Å². The largest absolute Gasteiger partial charge is 0.347 e. The van der Waals surface area contributed by atoms with Crippen LogP contribution < -0.4 is 16.1 Å². The van der Waals surface area contributed by atoms with E-state index in [1.165, 1.54) is 6.20 Å². The number of aromatic nitrogens is 4. The summed E-state index contributed by atoms with van der Waals surface area (Å²) >= 11 is 0. The lowest BCUT2D eigenvalue weighted by Gasteiger charge is -2.10. The molecule has 3 rings (SSSR count). The Morgan fingerprint density at radius 3 is 2.52 bits per heavy atom. The molecule has 3 aromatic rings. The number of rotatable bonds is 2. The van der Waals surface area contributed by atoms with Crippen molar-refractivity contribution < 1.29 is 0 Å². The Kier molecular flexibility index (Phi) is 3.02. The highest BCUT2D eigenvalue weighted by Crippen LogP contribution is 2.08. The van der Waals surface area contributed by atoms with Crippen LogP contribution in [0.15, 0.2) is 46.1 Å². The van der Waals surface area contributed by atoms with Gasteiger partial charge in [-0.3, -0.25) is 9.78 Å². The van der Waals surface area contributed by atoms with Crippen LogP contribution in [0.1, 0.15) is 0 Å². The number of hydrogen-bond acceptors (Lipinski definition) is 5. The first kappa shape index (κ1) is 13.0. The average Bonchev–Trinajstić information content (AvgIpc) is 2.47. The molecule has 0 radical (unpaired) electrons. The molecule has 0 saturated heterocycles. The summed E-state index contributed by atoms with van der Waals surface area (Å²) in [6, 6.07) is 8.72. The molecular formula is C14H13N5O2. The number of benzene rings is 1. The number of para-hydroxylation sites is 1. The van der Waals surface area contributed by atoms with Crippen LogP contribution >= 0.6 is 0 Å². The van der Waals surface area contributed by atoms with Gasteiger partial charge in [-0.2, -0.15) is 4.98 Å². The molecule has 1 N–H and O–H groups in total. The van der Waals surface area contributed by atoms with Crippen LogP contribution in [0, 0.1) is 0 Å². The first-order chi connectivity index (χ1) is 10.1. The fourth-order valence-electron chi connectivity index (χ4n) is 2.02. The normalized spacial score (nSPS) is 10.8. The molecule has 7 heteroatoms. The number of aromatic amines is 1. The van der Waals surface area contributed by atoms with Crippen molar-refractivity contribution in [1.29, 1.82) is 0 Å². The van der Waals surface area contributed by atoms with Gasteiger partial charge in [0.25, 0.3) is 5.56 Å². The lowest BCUT2D eigenvalue weighted by molar-refractivity contribution is 0.888. The van der Waals surface area contributed by atoms with Crippen molar-refractivity contribution in [3.05, 3.63) is 57.4 Å². The number of H-pyrrole nitrogens is 1. The third-order valence-corrected chi connectivity index (χ3v) is 3.05. The van der Waals surface area contributed by atoms with Gasteiger partial charge in [0.2, 0.25) is 5.95 Å². The summed E-state index contributed by atoms with van der Waals surface area (Å²) in [4.78, 5) is 37.3. The van der Waals surface area contributed by atoms with Gasteiger partial charge in [0, 0.05) is 20.3 Å². The summed E-state index contributed by atoms with van der Waals surface area (Å²) < 4.78 is 1.07. The summed E-state index contributed by atoms with van der Waals surface area (Å²) in [6.45, 7) is 0. The Hall–Kier alpha value is -2.96. The molecule has 0 fully saturated rings. The van der Waals surface area contributed by atoms with Gasteiger partial charge in [-0.05, 0) is 12.1 Å².